The molecule has 17 heteroatoms. The number of nitrogens with zero attached hydrogens (tertiary/aromatic N) is 6. The fraction of sp³-hybridized carbons (Fsp3) is 0.382. The van der Waals surface area contributed by atoms with E-state index in [1.54, 1.807) is 63.7 Å². The lowest BCUT2D eigenvalue weighted by Gasteiger charge is -2.35. The van der Waals surface area contributed by atoms with Gasteiger partial charge in [0, 0.05) is 80.9 Å². The zero-order valence-electron chi connectivity index (χ0n) is 41.4. The van der Waals surface area contributed by atoms with Gasteiger partial charge in [-0.15, -0.1) is 0 Å². The van der Waals surface area contributed by atoms with Gasteiger partial charge in [0.1, 0.15) is 5.82 Å². The quantitative estimate of drug-likeness (QED) is 0.0415. The first-order chi connectivity index (χ1) is 34.8. The van der Waals surface area contributed by atoms with E-state index in [0.717, 1.165) is 55.3 Å². The maximum absolute atomic E-state index is 14.6. The van der Waals surface area contributed by atoms with Crippen LogP contribution in [0.25, 0.3) is 10.9 Å². The first-order valence-corrected chi connectivity index (χ1v) is 27.1. The molecule has 380 valence electrons. The SMILES string of the molecule is Cc1ccc(C(=O)N(CCCNC(=O)CCCCCCCN2CCN(S(=O)(=O)c3ccc(NC(=S)NCc4cccnc4)cc3)CC2)[C@@H](c2nc3cc(Cl)ccc3c(=O)n2Cc2ccccc2)C(C)C)cc1. The zero-order valence-corrected chi connectivity index (χ0v) is 43.8. The summed E-state index contributed by atoms with van der Waals surface area (Å²) in [5.74, 6) is 0.144. The molecular weight excluding hydrogens is 966 g/mol. The molecule has 1 aliphatic rings. The number of halogens is 1. The molecule has 2 aromatic heterocycles. The normalized spacial score (nSPS) is 13.7. The number of unbranched alkanes of at least 4 members (excludes halogenated alkanes) is 4. The number of hydrogen-bond donors (Lipinski definition) is 3. The summed E-state index contributed by atoms with van der Waals surface area (Å²) in [5.41, 5.74) is 4.46. The number of aromatic nitrogens is 3. The number of aryl methyl sites for hydroxylation is 1. The van der Waals surface area contributed by atoms with Crippen LogP contribution in [0, 0.1) is 12.8 Å². The van der Waals surface area contributed by atoms with Crippen molar-refractivity contribution in [1.29, 1.82) is 0 Å². The molecule has 3 heterocycles. The van der Waals surface area contributed by atoms with Gasteiger partial charge in [0.15, 0.2) is 5.11 Å². The highest BCUT2D eigenvalue weighted by molar-refractivity contribution is 7.89. The second kappa shape index (κ2) is 26.1. The van der Waals surface area contributed by atoms with Crippen LogP contribution in [0.2, 0.25) is 5.02 Å². The van der Waals surface area contributed by atoms with Gasteiger partial charge < -0.3 is 25.8 Å². The lowest BCUT2D eigenvalue weighted by Crippen LogP contribution is -2.48. The minimum Gasteiger partial charge on any atom is -0.358 e. The number of sulfonamides is 1. The first kappa shape index (κ1) is 53.8. The van der Waals surface area contributed by atoms with E-state index in [4.69, 9.17) is 28.8 Å². The third kappa shape index (κ3) is 14.8. The number of carbonyl (C=O) groups excluding carboxylic acids is 2. The molecule has 1 aliphatic heterocycles. The number of benzene rings is 4. The summed E-state index contributed by atoms with van der Waals surface area (Å²) in [6.07, 6.45) is 9.16. The maximum atomic E-state index is 14.6. The predicted octanol–water partition coefficient (Wildman–Crippen LogP) is 8.98. The molecular formula is C55H66ClN9O5S2. The molecule has 4 aromatic carbocycles. The number of amides is 2. The number of pyridine rings is 1. The second-order valence-corrected chi connectivity index (χ2v) is 21.5. The minimum absolute atomic E-state index is 0.0221. The van der Waals surface area contributed by atoms with Gasteiger partial charge in [0.2, 0.25) is 15.9 Å². The highest BCUT2D eigenvalue weighted by Gasteiger charge is 2.33. The van der Waals surface area contributed by atoms with Crippen molar-refractivity contribution >= 4 is 67.4 Å². The molecule has 0 saturated carbocycles. The summed E-state index contributed by atoms with van der Waals surface area (Å²) in [5, 5.41) is 10.7. The molecule has 72 heavy (non-hydrogen) atoms. The third-order valence-electron chi connectivity index (χ3n) is 13.0. The lowest BCUT2D eigenvalue weighted by molar-refractivity contribution is -0.121. The maximum Gasteiger partial charge on any atom is 0.261 e. The van der Waals surface area contributed by atoms with Gasteiger partial charge in [-0.3, -0.25) is 23.9 Å². The Balaban J connectivity index is 0.844. The molecule has 0 radical (unpaired) electrons. The van der Waals surface area contributed by atoms with Crippen LogP contribution in [0.3, 0.4) is 0 Å². The summed E-state index contributed by atoms with van der Waals surface area (Å²) in [7, 11) is -3.62. The van der Waals surface area contributed by atoms with E-state index in [0.29, 0.717) is 96.8 Å². The Bertz CT molecular complexity index is 2920. The first-order valence-electron chi connectivity index (χ1n) is 24.9. The summed E-state index contributed by atoms with van der Waals surface area (Å²) >= 11 is 11.8. The van der Waals surface area contributed by atoms with Crippen molar-refractivity contribution < 1.29 is 18.0 Å². The number of thiocarbonyl (C=S) groups is 1. The average Bonchev–Trinajstić information content (AvgIpc) is 3.38. The Morgan fingerprint density at radius 3 is 2.24 bits per heavy atom. The summed E-state index contributed by atoms with van der Waals surface area (Å²) in [6, 6.07) is 32.2. The van der Waals surface area contributed by atoms with E-state index in [1.807, 2.05) is 92.4 Å². The molecule has 1 saturated heterocycles. The van der Waals surface area contributed by atoms with Gasteiger partial charge in [-0.25, -0.2) is 13.4 Å². The van der Waals surface area contributed by atoms with Crippen molar-refractivity contribution in [3.05, 3.63) is 165 Å². The van der Waals surface area contributed by atoms with Gasteiger partial charge in [-0.1, -0.05) is 98.8 Å². The second-order valence-electron chi connectivity index (χ2n) is 18.7. The monoisotopic (exact) mass is 1030 g/mol. The van der Waals surface area contributed by atoms with E-state index in [9.17, 15) is 22.8 Å². The van der Waals surface area contributed by atoms with Crippen LogP contribution in [-0.2, 0) is 27.9 Å². The summed E-state index contributed by atoms with van der Waals surface area (Å²) < 4.78 is 30.2. The highest BCUT2D eigenvalue weighted by Crippen LogP contribution is 2.31. The van der Waals surface area contributed by atoms with Crippen LogP contribution in [0.5, 0.6) is 0 Å². The van der Waals surface area contributed by atoms with Crippen molar-refractivity contribution in [2.75, 3.05) is 51.1 Å². The number of fused-ring (bicyclic) bond motifs is 1. The number of piperazine rings is 1. The molecule has 0 unspecified atom stereocenters. The Morgan fingerprint density at radius 2 is 1.53 bits per heavy atom. The van der Waals surface area contributed by atoms with Crippen molar-refractivity contribution in [3.8, 4) is 0 Å². The smallest absolute Gasteiger partial charge is 0.261 e. The van der Waals surface area contributed by atoms with E-state index in [2.05, 4.69) is 25.8 Å². The molecule has 1 fully saturated rings. The van der Waals surface area contributed by atoms with E-state index in [1.165, 1.54) is 0 Å². The fourth-order valence-corrected chi connectivity index (χ4v) is 10.8. The number of nitrogens with one attached hydrogen (secondary N) is 3. The van der Waals surface area contributed by atoms with Crippen LogP contribution in [0.15, 0.2) is 131 Å². The van der Waals surface area contributed by atoms with Gasteiger partial charge in [-0.2, -0.15) is 4.31 Å². The van der Waals surface area contributed by atoms with Crippen molar-refractivity contribution in [3.63, 3.8) is 0 Å². The van der Waals surface area contributed by atoms with E-state index in [-0.39, 0.29) is 34.7 Å². The molecule has 3 N–H and O–H groups in total. The molecule has 2 amide bonds. The van der Waals surface area contributed by atoms with E-state index >= 15 is 0 Å². The summed E-state index contributed by atoms with van der Waals surface area (Å²) in [4.78, 5) is 55.5. The molecule has 7 rings (SSSR count). The zero-order chi connectivity index (χ0) is 51.0. The van der Waals surface area contributed by atoms with Gasteiger partial charge >= 0.3 is 0 Å². The molecule has 14 nitrogen and oxygen atoms in total. The Labute approximate surface area is 434 Å². The molecule has 1 atom stereocenters. The van der Waals surface area contributed by atoms with Gasteiger partial charge in [0.25, 0.3) is 11.5 Å². The van der Waals surface area contributed by atoms with Crippen molar-refractivity contribution in [2.45, 2.75) is 89.7 Å². The third-order valence-corrected chi connectivity index (χ3v) is 15.3. The minimum atomic E-state index is -3.62. The Kier molecular flexibility index (Phi) is 19.5. The van der Waals surface area contributed by atoms with E-state index < -0.39 is 16.1 Å². The van der Waals surface area contributed by atoms with Crippen molar-refractivity contribution in [1.82, 2.24) is 39.3 Å². The molecule has 0 bridgehead atoms. The standard InChI is InChI=1S/C55H66ClN9O5S2/c1-40(2)51(52-61-49-36-45(56)22-27-48(49)54(68)65(52)39-42-14-8-7-9-15-42)64(53(67)44-20-18-41(3)19-21-44)31-13-29-58-50(66)17-10-5-4-6-11-30-62-32-34-63(35-33-62)72(69,70)47-25-23-46(24-26-47)60-55(71)59-38-43-16-12-28-57-37-43/h7-9,12,14-16,18-28,36-37,40,51H,4-6,10-11,13,17,29-35,38-39H2,1-3H3,(H,58,66)(H2,59,60,71)/t51-/m1/s1. The number of rotatable bonds is 23. The Hall–Kier alpha value is -6.04. The number of hydrogen-bond acceptors (Lipinski definition) is 9. The Morgan fingerprint density at radius 1 is 0.819 bits per heavy atom. The lowest BCUT2D eigenvalue weighted by atomic mass is 9.98. The number of carbonyl (C=O) groups is 2. The van der Waals surface area contributed by atoms with Crippen LogP contribution in [0.4, 0.5) is 5.69 Å². The topological polar surface area (TPSA) is 162 Å². The fourth-order valence-electron chi connectivity index (χ4n) is 9.01. The molecule has 0 spiro atoms. The highest BCUT2D eigenvalue weighted by atomic mass is 35.5. The van der Waals surface area contributed by atoms with Gasteiger partial charge in [0.05, 0.1) is 28.4 Å². The number of anilines is 1. The summed E-state index contributed by atoms with van der Waals surface area (Å²) in [6.45, 7) is 10.7. The van der Waals surface area contributed by atoms with Crippen LogP contribution in [-0.4, -0.2) is 99.8 Å². The predicted molar refractivity (Wildman–Crippen MR) is 291 cm³/mol. The molecule has 6 aromatic rings. The van der Waals surface area contributed by atoms with Crippen LogP contribution < -0.4 is 21.5 Å². The average molecular weight is 1030 g/mol. The van der Waals surface area contributed by atoms with Crippen LogP contribution in [0.1, 0.15) is 97.7 Å². The van der Waals surface area contributed by atoms with Crippen LogP contribution >= 0.6 is 23.8 Å². The van der Waals surface area contributed by atoms with Crippen molar-refractivity contribution in [2.24, 2.45) is 5.92 Å². The van der Waals surface area contributed by atoms with Gasteiger partial charge in [-0.05, 0) is 123 Å². The molecule has 0 aliphatic carbocycles. The largest absolute Gasteiger partial charge is 0.358 e.